The van der Waals surface area contributed by atoms with Crippen LogP contribution in [0, 0.1) is 0 Å². The van der Waals surface area contributed by atoms with Gasteiger partial charge in [0.25, 0.3) is 0 Å². The molecule has 2 heterocycles. The number of ether oxygens (including phenoxy) is 2. The van der Waals surface area contributed by atoms with E-state index in [9.17, 15) is 9.59 Å². The standard InChI is InChI=1S/C25H14ClNO4S/c26-21-17-11-5-7-13-20(17)32-22(21)23-27-18(25(29)31-23)14-16-10-4-6-12-19(16)30-24(28)15-8-2-1-3-9-15/h1-14H/b18-14+. The van der Waals surface area contributed by atoms with Gasteiger partial charge in [-0.2, -0.15) is 0 Å². The molecule has 1 aliphatic rings. The van der Waals surface area contributed by atoms with Crippen LogP contribution in [0.2, 0.25) is 5.02 Å². The van der Waals surface area contributed by atoms with E-state index >= 15 is 0 Å². The van der Waals surface area contributed by atoms with Gasteiger partial charge in [-0.25, -0.2) is 14.6 Å². The summed E-state index contributed by atoms with van der Waals surface area (Å²) in [5.41, 5.74) is 1.04. The lowest BCUT2D eigenvalue weighted by molar-refractivity contribution is -0.129. The van der Waals surface area contributed by atoms with Crippen LogP contribution >= 0.6 is 22.9 Å². The summed E-state index contributed by atoms with van der Waals surface area (Å²) >= 11 is 7.90. The van der Waals surface area contributed by atoms with E-state index in [1.807, 2.05) is 30.3 Å². The van der Waals surface area contributed by atoms with Crippen LogP contribution in [0.4, 0.5) is 0 Å². The second-order valence-electron chi connectivity index (χ2n) is 6.87. The van der Waals surface area contributed by atoms with E-state index in [-0.39, 0.29) is 11.6 Å². The Kier molecular flexibility index (Phi) is 5.31. The Bertz CT molecular complexity index is 1420. The molecule has 0 N–H and O–H groups in total. The Morgan fingerprint density at radius 3 is 2.50 bits per heavy atom. The summed E-state index contributed by atoms with van der Waals surface area (Å²) in [4.78, 5) is 29.9. The minimum atomic E-state index is -0.599. The number of benzene rings is 3. The zero-order chi connectivity index (χ0) is 22.1. The van der Waals surface area contributed by atoms with Gasteiger partial charge in [0, 0.05) is 15.6 Å². The summed E-state index contributed by atoms with van der Waals surface area (Å²) in [5, 5.41) is 1.37. The molecule has 0 atom stereocenters. The maximum atomic E-state index is 12.5. The molecule has 0 amide bonds. The molecule has 0 bridgehead atoms. The van der Waals surface area contributed by atoms with Crippen molar-refractivity contribution in [2.24, 2.45) is 4.99 Å². The lowest BCUT2D eigenvalue weighted by Gasteiger charge is -2.07. The quantitative estimate of drug-likeness (QED) is 0.209. The Balaban J connectivity index is 1.47. The molecular formula is C25H14ClNO4S. The molecule has 5 nitrogen and oxygen atoms in total. The van der Waals surface area contributed by atoms with Crippen molar-refractivity contribution in [1.29, 1.82) is 0 Å². The predicted molar refractivity (Wildman–Crippen MR) is 125 cm³/mol. The molecule has 0 radical (unpaired) electrons. The summed E-state index contributed by atoms with van der Waals surface area (Å²) in [5.74, 6) is -0.624. The average Bonchev–Trinajstić information content (AvgIpc) is 3.35. The second kappa shape index (κ2) is 8.42. The van der Waals surface area contributed by atoms with Crippen molar-refractivity contribution in [1.82, 2.24) is 0 Å². The zero-order valence-corrected chi connectivity index (χ0v) is 18.0. The van der Waals surface area contributed by atoms with E-state index in [0.717, 1.165) is 10.1 Å². The first kappa shape index (κ1) is 20.2. The van der Waals surface area contributed by atoms with E-state index in [1.54, 1.807) is 48.5 Å². The fourth-order valence-electron chi connectivity index (χ4n) is 3.23. The largest absolute Gasteiger partial charge is 0.422 e. The molecule has 0 aliphatic carbocycles. The smallest absolute Gasteiger partial charge is 0.363 e. The number of halogens is 1. The maximum absolute atomic E-state index is 12.5. The van der Waals surface area contributed by atoms with Crippen molar-refractivity contribution >= 4 is 56.9 Å². The zero-order valence-electron chi connectivity index (χ0n) is 16.4. The van der Waals surface area contributed by atoms with Gasteiger partial charge in [-0.15, -0.1) is 11.3 Å². The SMILES string of the molecule is O=C1OC(c2sc3ccccc3c2Cl)=N/C1=C/c1ccccc1OC(=O)c1ccccc1. The van der Waals surface area contributed by atoms with Gasteiger partial charge in [-0.1, -0.05) is 66.2 Å². The molecule has 0 saturated carbocycles. The minimum Gasteiger partial charge on any atom is -0.422 e. The van der Waals surface area contributed by atoms with Crippen molar-refractivity contribution in [2.75, 3.05) is 0 Å². The van der Waals surface area contributed by atoms with Crippen LogP contribution in [0.1, 0.15) is 20.8 Å². The minimum absolute atomic E-state index is 0.0942. The van der Waals surface area contributed by atoms with Crippen LogP contribution < -0.4 is 4.74 Å². The monoisotopic (exact) mass is 459 g/mol. The van der Waals surface area contributed by atoms with Gasteiger partial charge in [0.15, 0.2) is 5.70 Å². The number of cyclic esters (lactones) is 1. The van der Waals surface area contributed by atoms with Crippen LogP contribution in [0.5, 0.6) is 5.75 Å². The lowest BCUT2D eigenvalue weighted by Crippen LogP contribution is -2.09. The van der Waals surface area contributed by atoms with Gasteiger partial charge in [0.1, 0.15) is 10.6 Å². The highest BCUT2D eigenvalue weighted by Gasteiger charge is 2.28. The molecule has 1 aliphatic heterocycles. The molecule has 3 aromatic carbocycles. The molecule has 5 rings (SSSR count). The fourth-order valence-corrected chi connectivity index (χ4v) is 4.67. The van der Waals surface area contributed by atoms with E-state index in [0.29, 0.717) is 26.8 Å². The van der Waals surface area contributed by atoms with Gasteiger partial charge >= 0.3 is 11.9 Å². The summed E-state index contributed by atoms with van der Waals surface area (Å²) in [6.07, 6.45) is 1.53. The van der Waals surface area contributed by atoms with Gasteiger partial charge in [-0.3, -0.25) is 0 Å². The molecule has 0 saturated heterocycles. The highest BCUT2D eigenvalue weighted by atomic mass is 35.5. The van der Waals surface area contributed by atoms with E-state index < -0.39 is 11.9 Å². The topological polar surface area (TPSA) is 65.0 Å². The number of hydrogen-bond donors (Lipinski definition) is 0. The predicted octanol–water partition coefficient (Wildman–Crippen LogP) is 6.12. The van der Waals surface area contributed by atoms with E-state index in [1.165, 1.54) is 17.4 Å². The number of hydrogen-bond acceptors (Lipinski definition) is 6. The van der Waals surface area contributed by atoms with Gasteiger partial charge in [0.2, 0.25) is 5.90 Å². The first-order valence-corrected chi connectivity index (χ1v) is 10.9. The van der Waals surface area contributed by atoms with Crippen molar-refractivity contribution < 1.29 is 19.1 Å². The number of esters is 2. The number of thiophene rings is 1. The van der Waals surface area contributed by atoms with Crippen LogP contribution in [0.25, 0.3) is 16.2 Å². The van der Waals surface area contributed by atoms with Gasteiger partial charge in [0.05, 0.1) is 10.6 Å². The van der Waals surface area contributed by atoms with Crippen LogP contribution in [-0.4, -0.2) is 17.8 Å². The van der Waals surface area contributed by atoms with Gasteiger partial charge < -0.3 is 9.47 Å². The van der Waals surface area contributed by atoms with Crippen molar-refractivity contribution in [2.45, 2.75) is 0 Å². The van der Waals surface area contributed by atoms with E-state index in [4.69, 9.17) is 21.1 Å². The highest BCUT2D eigenvalue weighted by Crippen LogP contribution is 2.37. The third-order valence-electron chi connectivity index (χ3n) is 4.77. The van der Waals surface area contributed by atoms with E-state index in [2.05, 4.69) is 4.99 Å². The molecule has 7 heteroatoms. The lowest BCUT2D eigenvalue weighted by atomic mass is 10.1. The summed E-state index contributed by atoms with van der Waals surface area (Å²) < 4.78 is 11.9. The van der Waals surface area contributed by atoms with Crippen molar-refractivity contribution in [3.8, 4) is 5.75 Å². The first-order valence-electron chi connectivity index (χ1n) is 9.66. The Labute approximate surface area is 192 Å². The van der Waals surface area contributed by atoms with Crippen LogP contribution in [-0.2, 0) is 9.53 Å². The fraction of sp³-hybridized carbons (Fsp3) is 0. The summed E-state index contributed by atoms with van der Waals surface area (Å²) in [7, 11) is 0. The molecule has 32 heavy (non-hydrogen) atoms. The molecular weight excluding hydrogens is 446 g/mol. The Morgan fingerprint density at radius 2 is 1.69 bits per heavy atom. The Hall–Kier alpha value is -3.74. The molecule has 1 aromatic heterocycles. The summed E-state index contributed by atoms with van der Waals surface area (Å²) in [6, 6.07) is 23.2. The number of fused-ring (bicyclic) bond motifs is 1. The normalized spacial score (nSPS) is 14.5. The maximum Gasteiger partial charge on any atom is 0.363 e. The number of carbonyl (C=O) groups is 2. The van der Waals surface area contributed by atoms with Gasteiger partial charge in [-0.05, 0) is 30.3 Å². The summed E-state index contributed by atoms with van der Waals surface area (Å²) in [6.45, 7) is 0. The average molecular weight is 460 g/mol. The van der Waals surface area contributed by atoms with Crippen molar-refractivity contribution in [3.63, 3.8) is 0 Å². The Morgan fingerprint density at radius 1 is 0.969 bits per heavy atom. The molecule has 4 aromatic rings. The van der Waals surface area contributed by atoms with Crippen LogP contribution in [0.15, 0.2) is 89.6 Å². The molecule has 0 spiro atoms. The number of carbonyl (C=O) groups excluding carboxylic acids is 2. The number of rotatable bonds is 4. The van der Waals surface area contributed by atoms with Crippen molar-refractivity contribution in [3.05, 3.63) is 106 Å². The first-order chi connectivity index (χ1) is 15.6. The highest BCUT2D eigenvalue weighted by molar-refractivity contribution is 7.21. The second-order valence-corrected chi connectivity index (χ2v) is 8.30. The molecule has 0 unspecified atom stereocenters. The third-order valence-corrected chi connectivity index (χ3v) is 6.44. The number of para-hydroxylation sites is 1. The van der Waals surface area contributed by atoms with Crippen LogP contribution in [0.3, 0.4) is 0 Å². The number of aliphatic imine (C=N–C) groups is 1. The third kappa shape index (κ3) is 3.82. The number of nitrogens with zero attached hydrogens (tertiary/aromatic N) is 1. The molecule has 0 fully saturated rings. The molecule has 156 valence electrons.